The predicted octanol–water partition coefficient (Wildman–Crippen LogP) is 0.385. The zero-order chi connectivity index (χ0) is 13.0. The van der Waals surface area contributed by atoms with Crippen molar-refractivity contribution in [1.82, 2.24) is 4.98 Å². The van der Waals surface area contributed by atoms with Gasteiger partial charge in [-0.15, -0.1) is 0 Å². The summed E-state index contributed by atoms with van der Waals surface area (Å²) in [4.78, 5) is 6.28. The van der Waals surface area contributed by atoms with Crippen LogP contribution in [0.3, 0.4) is 0 Å². The third kappa shape index (κ3) is 2.70. The molecule has 0 unspecified atom stereocenters. The number of aliphatic hydroxyl groups excluding tert-OH is 1. The first-order valence-electron chi connectivity index (χ1n) is 6.04. The van der Waals surface area contributed by atoms with Crippen molar-refractivity contribution in [3.05, 3.63) is 24.0 Å². The van der Waals surface area contributed by atoms with Crippen LogP contribution in [0.4, 0.5) is 5.69 Å². The SMILES string of the molecule is N/C(=N/O)c1cc(N2CCC(CO)CC2)ccn1. The summed E-state index contributed by atoms with van der Waals surface area (Å²) in [5, 5.41) is 20.7. The molecule has 2 heterocycles. The lowest BCUT2D eigenvalue weighted by atomic mass is 9.97. The Labute approximate surface area is 106 Å². The molecule has 6 heteroatoms. The summed E-state index contributed by atoms with van der Waals surface area (Å²) >= 11 is 0. The molecule has 1 aliphatic heterocycles. The van der Waals surface area contributed by atoms with Gasteiger partial charge in [0.1, 0.15) is 5.69 Å². The molecule has 1 aromatic heterocycles. The van der Waals surface area contributed by atoms with Crippen LogP contribution >= 0.6 is 0 Å². The Bertz CT molecular complexity index is 428. The molecule has 1 saturated heterocycles. The Morgan fingerprint density at radius 3 is 2.83 bits per heavy atom. The van der Waals surface area contributed by atoms with Crippen molar-refractivity contribution in [2.75, 3.05) is 24.6 Å². The lowest BCUT2D eigenvalue weighted by molar-refractivity contribution is 0.203. The van der Waals surface area contributed by atoms with Crippen molar-refractivity contribution in [2.45, 2.75) is 12.8 Å². The molecule has 1 aromatic rings. The summed E-state index contributed by atoms with van der Waals surface area (Å²) in [5.74, 6) is 0.425. The Morgan fingerprint density at radius 2 is 2.22 bits per heavy atom. The third-order valence-electron chi connectivity index (χ3n) is 3.35. The van der Waals surface area contributed by atoms with Gasteiger partial charge in [0.2, 0.25) is 0 Å². The summed E-state index contributed by atoms with van der Waals surface area (Å²) in [6.07, 6.45) is 3.62. The van der Waals surface area contributed by atoms with Gasteiger partial charge < -0.3 is 20.9 Å². The van der Waals surface area contributed by atoms with Crippen LogP contribution in [-0.2, 0) is 0 Å². The van der Waals surface area contributed by atoms with E-state index >= 15 is 0 Å². The van der Waals surface area contributed by atoms with Crippen LogP contribution in [0.1, 0.15) is 18.5 Å². The molecule has 2 rings (SSSR count). The van der Waals surface area contributed by atoms with Gasteiger partial charge in [0.25, 0.3) is 0 Å². The highest BCUT2D eigenvalue weighted by Gasteiger charge is 2.19. The highest BCUT2D eigenvalue weighted by molar-refractivity contribution is 5.95. The number of hydrogen-bond acceptors (Lipinski definition) is 5. The Kier molecular flexibility index (Phi) is 3.99. The summed E-state index contributed by atoms with van der Waals surface area (Å²) in [6.45, 7) is 2.08. The third-order valence-corrected chi connectivity index (χ3v) is 3.35. The van der Waals surface area contributed by atoms with Crippen molar-refractivity contribution in [1.29, 1.82) is 0 Å². The molecule has 0 aromatic carbocycles. The average molecular weight is 250 g/mol. The molecule has 98 valence electrons. The number of aliphatic hydroxyl groups is 1. The number of pyridine rings is 1. The average Bonchev–Trinajstić information content (AvgIpc) is 2.46. The zero-order valence-corrected chi connectivity index (χ0v) is 10.2. The molecule has 18 heavy (non-hydrogen) atoms. The van der Waals surface area contributed by atoms with E-state index in [-0.39, 0.29) is 12.4 Å². The lowest BCUT2D eigenvalue weighted by Crippen LogP contribution is -2.34. The molecule has 1 fully saturated rings. The van der Waals surface area contributed by atoms with E-state index in [1.54, 1.807) is 6.20 Å². The van der Waals surface area contributed by atoms with Crippen molar-refractivity contribution < 1.29 is 10.3 Å². The fraction of sp³-hybridized carbons (Fsp3) is 0.500. The van der Waals surface area contributed by atoms with Gasteiger partial charge in [-0.25, -0.2) is 0 Å². The first-order chi connectivity index (χ1) is 8.74. The van der Waals surface area contributed by atoms with E-state index in [4.69, 9.17) is 16.0 Å². The van der Waals surface area contributed by atoms with Crippen LogP contribution < -0.4 is 10.6 Å². The van der Waals surface area contributed by atoms with E-state index in [0.29, 0.717) is 11.6 Å². The quantitative estimate of drug-likeness (QED) is 0.312. The Morgan fingerprint density at radius 1 is 1.50 bits per heavy atom. The van der Waals surface area contributed by atoms with Gasteiger partial charge in [-0.3, -0.25) is 4.98 Å². The van der Waals surface area contributed by atoms with E-state index in [1.807, 2.05) is 12.1 Å². The van der Waals surface area contributed by atoms with Crippen molar-refractivity contribution in [3.63, 3.8) is 0 Å². The van der Waals surface area contributed by atoms with Gasteiger partial charge in [0.05, 0.1) is 0 Å². The first-order valence-corrected chi connectivity index (χ1v) is 6.04. The highest BCUT2D eigenvalue weighted by Crippen LogP contribution is 2.23. The summed E-state index contributed by atoms with van der Waals surface area (Å²) in [5.41, 5.74) is 7.01. The lowest BCUT2D eigenvalue weighted by Gasteiger charge is -2.32. The Hall–Kier alpha value is -1.82. The minimum Gasteiger partial charge on any atom is -0.409 e. The van der Waals surface area contributed by atoms with Gasteiger partial charge in [-0.05, 0) is 30.9 Å². The molecule has 0 aliphatic carbocycles. The molecule has 0 spiro atoms. The van der Waals surface area contributed by atoms with Crippen molar-refractivity contribution in [3.8, 4) is 0 Å². The molecular weight excluding hydrogens is 232 g/mol. The summed E-state index contributed by atoms with van der Waals surface area (Å²) in [6, 6.07) is 3.72. The number of anilines is 1. The van der Waals surface area contributed by atoms with Gasteiger partial charge in [0.15, 0.2) is 5.84 Å². The predicted molar refractivity (Wildman–Crippen MR) is 68.8 cm³/mol. The molecule has 4 N–H and O–H groups in total. The van der Waals surface area contributed by atoms with Crippen LogP contribution in [0.2, 0.25) is 0 Å². The maximum Gasteiger partial charge on any atom is 0.188 e. The molecular formula is C12H18N4O2. The number of hydrogen-bond donors (Lipinski definition) is 3. The molecule has 0 bridgehead atoms. The van der Waals surface area contributed by atoms with Crippen LogP contribution in [-0.4, -0.2) is 40.8 Å². The van der Waals surface area contributed by atoms with E-state index in [0.717, 1.165) is 31.6 Å². The zero-order valence-electron chi connectivity index (χ0n) is 10.2. The summed E-state index contributed by atoms with van der Waals surface area (Å²) < 4.78 is 0. The smallest absolute Gasteiger partial charge is 0.188 e. The van der Waals surface area contributed by atoms with Crippen molar-refractivity contribution in [2.24, 2.45) is 16.8 Å². The minimum atomic E-state index is 0.0158. The molecule has 0 saturated carbocycles. The van der Waals surface area contributed by atoms with Crippen LogP contribution in [0, 0.1) is 5.92 Å². The van der Waals surface area contributed by atoms with E-state index < -0.39 is 0 Å². The molecule has 1 aliphatic rings. The first kappa shape index (κ1) is 12.6. The van der Waals surface area contributed by atoms with Crippen LogP contribution in [0.5, 0.6) is 0 Å². The number of aromatic nitrogens is 1. The number of piperidine rings is 1. The fourth-order valence-corrected chi connectivity index (χ4v) is 2.18. The second kappa shape index (κ2) is 5.68. The number of rotatable bonds is 3. The topological polar surface area (TPSA) is 95.0 Å². The summed E-state index contributed by atoms with van der Waals surface area (Å²) in [7, 11) is 0. The maximum atomic E-state index is 9.11. The van der Waals surface area contributed by atoms with Gasteiger partial charge in [-0.1, -0.05) is 5.16 Å². The number of oxime groups is 1. The van der Waals surface area contributed by atoms with Crippen LogP contribution in [0.15, 0.2) is 23.5 Å². The van der Waals surface area contributed by atoms with Gasteiger partial charge in [0, 0.05) is 31.6 Å². The minimum absolute atomic E-state index is 0.0158. The van der Waals surface area contributed by atoms with E-state index in [9.17, 15) is 0 Å². The highest BCUT2D eigenvalue weighted by atomic mass is 16.4. The largest absolute Gasteiger partial charge is 0.409 e. The molecule has 0 amide bonds. The standard InChI is InChI=1S/C12H18N4O2/c13-12(15-18)11-7-10(1-4-14-11)16-5-2-9(8-17)3-6-16/h1,4,7,9,17-18H,2-3,5-6,8H2,(H2,13,15). The maximum absolute atomic E-state index is 9.11. The monoisotopic (exact) mass is 250 g/mol. The van der Waals surface area contributed by atoms with Gasteiger partial charge in [-0.2, -0.15) is 0 Å². The van der Waals surface area contributed by atoms with Crippen LogP contribution in [0.25, 0.3) is 0 Å². The second-order valence-corrected chi connectivity index (χ2v) is 4.50. The van der Waals surface area contributed by atoms with E-state index in [1.165, 1.54) is 0 Å². The number of amidine groups is 1. The van der Waals surface area contributed by atoms with Crippen molar-refractivity contribution >= 4 is 11.5 Å². The fourth-order valence-electron chi connectivity index (χ4n) is 2.18. The molecule has 0 atom stereocenters. The van der Waals surface area contributed by atoms with E-state index in [2.05, 4.69) is 15.0 Å². The normalized spacial score (nSPS) is 18.1. The van der Waals surface area contributed by atoms with Gasteiger partial charge >= 0.3 is 0 Å². The second-order valence-electron chi connectivity index (χ2n) is 4.50. The molecule has 6 nitrogen and oxygen atoms in total. The Balaban J connectivity index is 2.10. The number of nitrogens with zero attached hydrogens (tertiary/aromatic N) is 3. The molecule has 0 radical (unpaired) electrons. The number of nitrogens with two attached hydrogens (primary N) is 1.